The average Bonchev–Trinajstić information content (AvgIpc) is 2.82. The van der Waals surface area contributed by atoms with Crippen molar-refractivity contribution in [2.24, 2.45) is 5.92 Å². The van der Waals surface area contributed by atoms with E-state index in [1.54, 1.807) is 7.11 Å². The Bertz CT molecular complexity index is 221. The molecule has 2 aliphatic heterocycles. The van der Waals surface area contributed by atoms with E-state index < -0.39 is 0 Å². The molecule has 2 heterocycles. The summed E-state index contributed by atoms with van der Waals surface area (Å²) < 4.78 is 5.15. The van der Waals surface area contributed by atoms with Crippen LogP contribution < -0.4 is 0 Å². The van der Waals surface area contributed by atoms with Gasteiger partial charge in [-0.1, -0.05) is 41.5 Å². The van der Waals surface area contributed by atoms with Crippen LogP contribution in [0.2, 0.25) is 0 Å². The maximum atomic E-state index is 5.15. The first-order chi connectivity index (χ1) is 11.3. The lowest BCUT2D eigenvalue weighted by atomic mass is 10.0. The Kier molecular flexibility index (Phi) is 19.8. The Hall–Kier alpha value is -0.160. The van der Waals surface area contributed by atoms with E-state index in [2.05, 4.69) is 21.7 Å². The third-order valence-corrected chi connectivity index (χ3v) is 3.95. The average molecular weight is 332 g/mol. The summed E-state index contributed by atoms with van der Waals surface area (Å²) in [6.07, 6.45) is 1.31. The first-order valence-electron chi connectivity index (χ1n) is 9.90. The van der Waals surface area contributed by atoms with Gasteiger partial charge in [0, 0.05) is 46.4 Å². The highest BCUT2D eigenvalue weighted by Gasteiger charge is 2.26. The molecule has 142 valence electrons. The Balaban J connectivity index is 0. The molecule has 0 saturated carbocycles. The zero-order valence-corrected chi connectivity index (χ0v) is 17.4. The first kappa shape index (κ1) is 25.1. The van der Waals surface area contributed by atoms with Crippen molar-refractivity contribution in [2.75, 3.05) is 73.1 Å². The van der Waals surface area contributed by atoms with Gasteiger partial charge < -0.3 is 14.5 Å². The molecule has 0 aromatic rings. The van der Waals surface area contributed by atoms with Crippen LogP contribution in [0.15, 0.2) is 0 Å². The Morgan fingerprint density at radius 3 is 1.87 bits per heavy atom. The van der Waals surface area contributed by atoms with Crippen LogP contribution in [0.3, 0.4) is 0 Å². The summed E-state index contributed by atoms with van der Waals surface area (Å²) in [5.74, 6) is 0.922. The largest absolute Gasteiger partial charge is 0.383 e. The standard InChI is InChI=1S/C13H27N3O.3C2H6/c1-14-10-13(11-14)12-16-5-3-4-15(6-7-16)8-9-17-2;3*1-2/h13H,3-12H2,1-2H3;3*1-2H3. The summed E-state index contributed by atoms with van der Waals surface area (Å²) in [6.45, 7) is 22.8. The highest BCUT2D eigenvalue weighted by molar-refractivity contribution is 4.81. The van der Waals surface area contributed by atoms with Crippen molar-refractivity contribution < 1.29 is 4.74 Å². The fourth-order valence-electron chi connectivity index (χ4n) is 2.96. The number of methoxy groups -OCH3 is 1. The maximum Gasteiger partial charge on any atom is 0.0589 e. The number of hydrogen-bond donors (Lipinski definition) is 0. The zero-order chi connectivity index (χ0) is 18.1. The Morgan fingerprint density at radius 1 is 0.826 bits per heavy atom. The third kappa shape index (κ3) is 11.9. The number of ether oxygens (including phenoxy) is 1. The summed E-state index contributed by atoms with van der Waals surface area (Å²) in [6, 6.07) is 0. The fourth-order valence-corrected chi connectivity index (χ4v) is 2.96. The van der Waals surface area contributed by atoms with Crippen LogP contribution in [0.1, 0.15) is 48.0 Å². The lowest BCUT2D eigenvalue weighted by molar-refractivity contribution is 0.0910. The first-order valence-corrected chi connectivity index (χ1v) is 9.90. The molecule has 0 aliphatic carbocycles. The summed E-state index contributed by atoms with van der Waals surface area (Å²) in [5, 5.41) is 0. The van der Waals surface area contributed by atoms with Crippen molar-refractivity contribution in [3.63, 3.8) is 0 Å². The second-order valence-electron chi connectivity index (χ2n) is 5.58. The predicted octanol–water partition coefficient (Wildman–Crippen LogP) is 3.28. The van der Waals surface area contributed by atoms with Gasteiger partial charge in [-0.2, -0.15) is 0 Å². The summed E-state index contributed by atoms with van der Waals surface area (Å²) >= 11 is 0. The number of hydrogen-bond acceptors (Lipinski definition) is 4. The molecule has 0 amide bonds. The molecule has 2 aliphatic rings. The van der Waals surface area contributed by atoms with Crippen molar-refractivity contribution in [1.29, 1.82) is 0 Å². The lowest BCUT2D eigenvalue weighted by Gasteiger charge is -2.39. The Morgan fingerprint density at radius 2 is 1.35 bits per heavy atom. The molecule has 2 saturated heterocycles. The topological polar surface area (TPSA) is 19.0 Å². The highest BCUT2D eigenvalue weighted by atomic mass is 16.5. The van der Waals surface area contributed by atoms with Gasteiger partial charge in [0.15, 0.2) is 0 Å². The van der Waals surface area contributed by atoms with E-state index in [1.807, 2.05) is 41.5 Å². The molecule has 23 heavy (non-hydrogen) atoms. The van der Waals surface area contributed by atoms with Crippen LogP contribution in [0, 0.1) is 5.92 Å². The van der Waals surface area contributed by atoms with Crippen LogP contribution in [0.4, 0.5) is 0 Å². The van der Waals surface area contributed by atoms with Crippen molar-refractivity contribution in [1.82, 2.24) is 14.7 Å². The van der Waals surface area contributed by atoms with Gasteiger partial charge in [0.05, 0.1) is 6.61 Å². The number of likely N-dealkylation sites (tertiary alicyclic amines) is 1. The van der Waals surface area contributed by atoms with Crippen LogP contribution in [-0.2, 0) is 4.74 Å². The van der Waals surface area contributed by atoms with Gasteiger partial charge in [-0.15, -0.1) is 0 Å². The monoisotopic (exact) mass is 331 g/mol. The van der Waals surface area contributed by atoms with E-state index in [0.717, 1.165) is 19.1 Å². The third-order valence-electron chi connectivity index (χ3n) is 3.95. The van der Waals surface area contributed by atoms with Crippen molar-refractivity contribution in [3.05, 3.63) is 0 Å². The van der Waals surface area contributed by atoms with E-state index >= 15 is 0 Å². The van der Waals surface area contributed by atoms with E-state index in [1.165, 1.54) is 52.2 Å². The van der Waals surface area contributed by atoms with Gasteiger partial charge in [0.25, 0.3) is 0 Å². The van der Waals surface area contributed by atoms with E-state index in [-0.39, 0.29) is 0 Å². The molecule has 2 fully saturated rings. The predicted molar refractivity (Wildman–Crippen MR) is 104 cm³/mol. The van der Waals surface area contributed by atoms with Gasteiger partial charge >= 0.3 is 0 Å². The molecule has 0 unspecified atom stereocenters. The molecule has 0 atom stereocenters. The van der Waals surface area contributed by atoms with Gasteiger partial charge in [-0.05, 0) is 32.5 Å². The van der Waals surface area contributed by atoms with Gasteiger partial charge in [-0.25, -0.2) is 0 Å². The molecule has 2 rings (SSSR count). The zero-order valence-electron chi connectivity index (χ0n) is 17.4. The molecule has 0 bridgehead atoms. The van der Waals surface area contributed by atoms with Crippen molar-refractivity contribution in [3.8, 4) is 0 Å². The number of nitrogens with zero attached hydrogens (tertiary/aromatic N) is 3. The minimum absolute atomic E-state index is 0.868. The molecular weight excluding hydrogens is 286 g/mol. The van der Waals surface area contributed by atoms with E-state index in [0.29, 0.717) is 0 Å². The van der Waals surface area contributed by atoms with Crippen LogP contribution in [-0.4, -0.2) is 87.8 Å². The normalized spacial score (nSPS) is 19.8. The van der Waals surface area contributed by atoms with Crippen LogP contribution in [0.25, 0.3) is 0 Å². The minimum Gasteiger partial charge on any atom is -0.383 e. The minimum atomic E-state index is 0.868. The molecule has 4 heteroatoms. The molecule has 0 spiro atoms. The van der Waals surface area contributed by atoms with E-state index in [9.17, 15) is 0 Å². The molecule has 0 N–H and O–H groups in total. The van der Waals surface area contributed by atoms with Crippen molar-refractivity contribution in [2.45, 2.75) is 48.0 Å². The summed E-state index contributed by atoms with van der Waals surface area (Å²) in [7, 11) is 4.00. The van der Waals surface area contributed by atoms with Gasteiger partial charge in [0.2, 0.25) is 0 Å². The molecule has 0 aromatic heterocycles. The van der Waals surface area contributed by atoms with Crippen LogP contribution in [0.5, 0.6) is 0 Å². The second kappa shape index (κ2) is 18.2. The van der Waals surface area contributed by atoms with Crippen LogP contribution >= 0.6 is 0 Å². The summed E-state index contributed by atoms with van der Waals surface area (Å²) in [5.41, 5.74) is 0. The van der Waals surface area contributed by atoms with E-state index in [4.69, 9.17) is 4.74 Å². The molecule has 0 aromatic carbocycles. The van der Waals surface area contributed by atoms with Gasteiger partial charge in [0.1, 0.15) is 0 Å². The fraction of sp³-hybridized carbons (Fsp3) is 1.00. The number of rotatable bonds is 5. The van der Waals surface area contributed by atoms with Crippen molar-refractivity contribution >= 4 is 0 Å². The molecular formula is C19H45N3O. The lowest BCUT2D eigenvalue weighted by Crippen LogP contribution is -2.49. The smallest absolute Gasteiger partial charge is 0.0589 e. The molecule has 0 radical (unpaired) electrons. The summed E-state index contributed by atoms with van der Waals surface area (Å²) in [4.78, 5) is 7.61. The maximum absolute atomic E-state index is 5.15. The quantitative estimate of drug-likeness (QED) is 0.769. The highest BCUT2D eigenvalue weighted by Crippen LogP contribution is 2.15. The molecule has 4 nitrogen and oxygen atoms in total. The Labute approximate surface area is 147 Å². The van der Waals surface area contributed by atoms with Gasteiger partial charge in [-0.3, -0.25) is 4.90 Å². The SMILES string of the molecule is CC.CC.CC.COCCN1CCCN(CC2CN(C)C2)CC1. The second-order valence-corrected chi connectivity index (χ2v) is 5.58.